The molecule has 1 aromatic rings. The first kappa shape index (κ1) is 15.6. The van der Waals surface area contributed by atoms with Crippen LogP contribution in [0.2, 0.25) is 10.0 Å². The lowest BCUT2D eigenvalue weighted by Crippen LogP contribution is -2.43. The van der Waals surface area contributed by atoms with E-state index in [2.05, 4.69) is 18.3 Å². The maximum Gasteiger partial charge on any atom is 0.0595 e. The molecular weight excluding hydrogens is 305 g/mol. The van der Waals surface area contributed by atoms with Gasteiger partial charge in [0.05, 0.1) is 16.7 Å². The van der Waals surface area contributed by atoms with Gasteiger partial charge in [0.2, 0.25) is 0 Å². The fourth-order valence-corrected chi connectivity index (χ4v) is 4.40. The summed E-state index contributed by atoms with van der Waals surface area (Å²) in [6.45, 7) is 4.81. The lowest BCUT2D eigenvalue weighted by Gasteiger charge is -2.31. The Morgan fingerprint density at radius 2 is 2.14 bits per heavy atom. The van der Waals surface area contributed by atoms with Gasteiger partial charge in [-0.2, -0.15) is 0 Å². The van der Waals surface area contributed by atoms with E-state index in [0.29, 0.717) is 27.9 Å². The minimum absolute atomic E-state index is 0.520. The van der Waals surface area contributed by atoms with Crippen molar-refractivity contribution >= 4 is 23.2 Å². The number of rotatable bonds is 4. The molecule has 0 bridgehead atoms. The first-order valence-electron chi connectivity index (χ1n) is 7.96. The van der Waals surface area contributed by atoms with Gasteiger partial charge in [0.15, 0.2) is 0 Å². The topological polar surface area (TPSA) is 21.3 Å². The number of ether oxygens (including phenoxy) is 1. The summed E-state index contributed by atoms with van der Waals surface area (Å²) < 4.78 is 5.77. The first-order valence-corrected chi connectivity index (χ1v) is 8.72. The molecule has 2 fully saturated rings. The number of fused-ring (bicyclic) bond motifs is 1. The SMILES string of the molecule is CCOC[C@H]1C2NCCCC2C[C@@H]1c1ccc(Cl)c(Cl)c1. The summed E-state index contributed by atoms with van der Waals surface area (Å²) in [5, 5.41) is 5.02. The van der Waals surface area contributed by atoms with Gasteiger partial charge in [-0.15, -0.1) is 0 Å². The lowest BCUT2D eigenvalue weighted by molar-refractivity contribution is 0.0891. The Balaban J connectivity index is 1.85. The van der Waals surface area contributed by atoms with E-state index in [4.69, 9.17) is 27.9 Å². The fraction of sp³-hybridized carbons (Fsp3) is 0.647. The van der Waals surface area contributed by atoms with Crippen LogP contribution in [0.1, 0.15) is 37.7 Å². The number of hydrogen-bond acceptors (Lipinski definition) is 2. The highest BCUT2D eigenvalue weighted by Crippen LogP contribution is 2.47. The number of piperidine rings is 1. The van der Waals surface area contributed by atoms with Gasteiger partial charge >= 0.3 is 0 Å². The molecule has 2 nitrogen and oxygen atoms in total. The van der Waals surface area contributed by atoms with E-state index in [1.54, 1.807) is 0 Å². The smallest absolute Gasteiger partial charge is 0.0595 e. The zero-order valence-electron chi connectivity index (χ0n) is 12.4. The second-order valence-corrected chi connectivity index (χ2v) is 7.04. The second kappa shape index (κ2) is 6.87. The molecule has 1 N–H and O–H groups in total. The van der Waals surface area contributed by atoms with E-state index in [9.17, 15) is 0 Å². The van der Waals surface area contributed by atoms with Crippen molar-refractivity contribution in [3.63, 3.8) is 0 Å². The second-order valence-electron chi connectivity index (χ2n) is 6.22. The van der Waals surface area contributed by atoms with Gasteiger partial charge in [0.25, 0.3) is 0 Å². The first-order chi connectivity index (χ1) is 10.2. The van der Waals surface area contributed by atoms with E-state index in [0.717, 1.165) is 25.7 Å². The van der Waals surface area contributed by atoms with Crippen molar-refractivity contribution in [3.8, 4) is 0 Å². The molecule has 116 valence electrons. The summed E-state index contributed by atoms with van der Waals surface area (Å²) in [6, 6.07) is 6.69. The van der Waals surface area contributed by atoms with Crippen LogP contribution in [0, 0.1) is 11.8 Å². The third kappa shape index (κ3) is 3.24. The molecular formula is C17H23Cl2NO. The van der Waals surface area contributed by atoms with Gasteiger partial charge in [-0.3, -0.25) is 0 Å². The summed E-state index contributed by atoms with van der Waals surface area (Å²) in [4.78, 5) is 0. The Morgan fingerprint density at radius 1 is 1.29 bits per heavy atom. The number of hydrogen-bond donors (Lipinski definition) is 1. The van der Waals surface area contributed by atoms with E-state index < -0.39 is 0 Å². The van der Waals surface area contributed by atoms with Gasteiger partial charge < -0.3 is 10.1 Å². The monoisotopic (exact) mass is 327 g/mol. The molecule has 0 amide bonds. The van der Waals surface area contributed by atoms with Crippen LogP contribution in [0.4, 0.5) is 0 Å². The normalized spacial score (nSPS) is 32.1. The Kier molecular flexibility index (Phi) is 5.11. The van der Waals surface area contributed by atoms with E-state index in [1.807, 2.05) is 12.1 Å². The van der Waals surface area contributed by atoms with Crippen LogP contribution in [0.15, 0.2) is 18.2 Å². The predicted octanol–water partition coefficient (Wildman–Crippen LogP) is 4.50. The van der Waals surface area contributed by atoms with Gasteiger partial charge in [-0.25, -0.2) is 0 Å². The molecule has 1 aromatic carbocycles. The van der Waals surface area contributed by atoms with Crippen molar-refractivity contribution in [1.29, 1.82) is 0 Å². The van der Waals surface area contributed by atoms with Crippen LogP contribution >= 0.6 is 23.2 Å². The molecule has 1 aliphatic carbocycles. The highest BCUT2D eigenvalue weighted by atomic mass is 35.5. The van der Waals surface area contributed by atoms with Crippen molar-refractivity contribution in [2.45, 2.75) is 38.1 Å². The molecule has 0 spiro atoms. The molecule has 4 atom stereocenters. The number of nitrogens with one attached hydrogen (secondary N) is 1. The summed E-state index contributed by atoms with van der Waals surface area (Å²) in [7, 11) is 0. The van der Waals surface area contributed by atoms with Crippen molar-refractivity contribution in [2.24, 2.45) is 11.8 Å². The quantitative estimate of drug-likeness (QED) is 0.878. The number of halogens is 2. The average Bonchev–Trinajstić information content (AvgIpc) is 2.86. The van der Waals surface area contributed by atoms with Gasteiger partial charge in [-0.1, -0.05) is 29.3 Å². The third-order valence-corrected chi connectivity index (χ3v) is 5.80. The number of benzene rings is 1. The van der Waals surface area contributed by atoms with E-state index in [-0.39, 0.29) is 0 Å². The zero-order valence-corrected chi connectivity index (χ0v) is 14.0. The van der Waals surface area contributed by atoms with Crippen LogP contribution in [-0.2, 0) is 4.74 Å². The summed E-state index contributed by atoms with van der Waals surface area (Å²) >= 11 is 12.3. The summed E-state index contributed by atoms with van der Waals surface area (Å²) in [6.07, 6.45) is 3.85. The van der Waals surface area contributed by atoms with Gasteiger partial charge in [0, 0.05) is 18.6 Å². The minimum Gasteiger partial charge on any atom is -0.381 e. The minimum atomic E-state index is 0.520. The van der Waals surface area contributed by atoms with Crippen molar-refractivity contribution < 1.29 is 4.74 Å². The largest absolute Gasteiger partial charge is 0.381 e. The molecule has 4 heteroatoms. The van der Waals surface area contributed by atoms with Crippen molar-refractivity contribution in [1.82, 2.24) is 5.32 Å². The maximum atomic E-state index is 6.22. The van der Waals surface area contributed by atoms with Gasteiger partial charge in [0.1, 0.15) is 0 Å². The molecule has 2 unspecified atom stereocenters. The standard InChI is InChI=1S/C17H23Cl2NO/c1-2-21-10-14-13(8-12-4-3-7-20-17(12)14)11-5-6-15(18)16(19)9-11/h5-6,9,12-14,17,20H,2-4,7-8,10H2,1H3/t12?,13-,14-,17?/m1/s1. The Hall–Kier alpha value is -0.280. The molecule has 1 heterocycles. The van der Waals surface area contributed by atoms with Crippen LogP contribution in [-0.4, -0.2) is 25.8 Å². The third-order valence-electron chi connectivity index (χ3n) is 5.06. The fourth-order valence-electron chi connectivity index (χ4n) is 4.10. The highest BCUT2D eigenvalue weighted by molar-refractivity contribution is 6.42. The predicted molar refractivity (Wildman–Crippen MR) is 88.3 cm³/mol. The molecule has 1 saturated heterocycles. The molecule has 2 aliphatic rings. The summed E-state index contributed by atoms with van der Waals surface area (Å²) in [5.41, 5.74) is 1.31. The highest BCUT2D eigenvalue weighted by Gasteiger charge is 2.44. The molecule has 1 aliphatic heterocycles. The summed E-state index contributed by atoms with van der Waals surface area (Å²) in [5.74, 6) is 1.82. The van der Waals surface area contributed by atoms with Crippen molar-refractivity contribution in [3.05, 3.63) is 33.8 Å². The average molecular weight is 328 g/mol. The van der Waals surface area contributed by atoms with Gasteiger partial charge in [-0.05, 0) is 62.3 Å². The molecule has 0 radical (unpaired) electrons. The Bertz CT molecular complexity index is 494. The lowest BCUT2D eigenvalue weighted by atomic mass is 9.87. The van der Waals surface area contributed by atoms with Crippen LogP contribution in [0.3, 0.4) is 0 Å². The van der Waals surface area contributed by atoms with Crippen molar-refractivity contribution in [2.75, 3.05) is 19.8 Å². The van der Waals surface area contributed by atoms with Crippen LogP contribution < -0.4 is 5.32 Å². The maximum absolute atomic E-state index is 6.22. The van der Waals surface area contributed by atoms with Crippen LogP contribution in [0.25, 0.3) is 0 Å². The molecule has 0 aromatic heterocycles. The van der Waals surface area contributed by atoms with Crippen LogP contribution in [0.5, 0.6) is 0 Å². The Labute approximate surface area is 137 Å². The van der Waals surface area contributed by atoms with E-state index in [1.165, 1.54) is 24.8 Å². The zero-order chi connectivity index (χ0) is 14.8. The van der Waals surface area contributed by atoms with E-state index >= 15 is 0 Å². The molecule has 3 rings (SSSR count). The Morgan fingerprint density at radius 3 is 2.90 bits per heavy atom. The molecule has 21 heavy (non-hydrogen) atoms. The molecule has 1 saturated carbocycles.